The van der Waals surface area contributed by atoms with E-state index >= 15 is 0 Å². The van der Waals surface area contributed by atoms with Crippen molar-refractivity contribution in [3.63, 3.8) is 0 Å². The summed E-state index contributed by atoms with van der Waals surface area (Å²) in [5.74, 6) is 0.582. The molecular weight excluding hydrogens is 425 g/mol. The van der Waals surface area contributed by atoms with Crippen molar-refractivity contribution in [1.29, 1.82) is 0 Å². The zero-order valence-corrected chi connectivity index (χ0v) is 19.3. The van der Waals surface area contributed by atoms with Gasteiger partial charge in [0.05, 0.1) is 24.5 Å². The normalized spacial score (nSPS) is 18.6. The molecule has 0 aliphatic carbocycles. The number of rotatable bonds is 8. The molecule has 2 aliphatic heterocycles. The highest BCUT2D eigenvalue weighted by molar-refractivity contribution is 6.32. The fourth-order valence-corrected chi connectivity index (χ4v) is 4.08. The quantitative estimate of drug-likeness (QED) is 0.612. The highest BCUT2D eigenvalue weighted by Crippen LogP contribution is 2.44. The molecule has 33 heavy (non-hydrogen) atoms. The number of anilines is 2. The van der Waals surface area contributed by atoms with Crippen LogP contribution in [0.5, 0.6) is 0 Å². The summed E-state index contributed by atoms with van der Waals surface area (Å²) in [5, 5.41) is 2.72. The summed E-state index contributed by atoms with van der Waals surface area (Å²) in [6.07, 6.45) is 3.68. The van der Waals surface area contributed by atoms with Crippen LogP contribution in [0, 0.1) is 5.82 Å². The number of ether oxygens (including phenoxy) is 3. The number of hydrogen-bond acceptors (Lipinski definition) is 6. The molecule has 1 amide bonds. The van der Waals surface area contributed by atoms with E-state index in [2.05, 4.69) is 15.2 Å². The summed E-state index contributed by atoms with van der Waals surface area (Å²) < 4.78 is 30.2. The second-order valence-electron chi connectivity index (χ2n) is 8.43. The predicted octanol–water partition coefficient (Wildman–Crippen LogP) is 3.88. The lowest BCUT2D eigenvalue weighted by molar-refractivity contribution is -0.111. The molecule has 0 radical (unpaired) electrons. The van der Waals surface area contributed by atoms with Crippen molar-refractivity contribution in [2.24, 2.45) is 0 Å². The van der Waals surface area contributed by atoms with Gasteiger partial charge >= 0.3 is 0 Å². The molecule has 4 rings (SSSR count). The SMILES string of the molecule is COCCN(CCOC)c1ccc(C2=CC(=C3C(=O)Nc4cc(F)ccc43)OC2(C)C)cn1. The maximum atomic E-state index is 13.6. The minimum absolute atomic E-state index is 0.306. The number of carbonyl (C=O) groups is 1. The van der Waals surface area contributed by atoms with Crippen molar-refractivity contribution >= 4 is 28.6 Å². The number of halogens is 1. The van der Waals surface area contributed by atoms with Crippen LogP contribution in [0.2, 0.25) is 0 Å². The Morgan fingerprint density at radius 2 is 1.85 bits per heavy atom. The number of amides is 1. The summed E-state index contributed by atoms with van der Waals surface area (Å²) in [6.45, 7) is 6.47. The number of fused-ring (bicyclic) bond motifs is 1. The molecule has 0 spiro atoms. The van der Waals surface area contributed by atoms with Gasteiger partial charge in [0.1, 0.15) is 23.0 Å². The first-order valence-electron chi connectivity index (χ1n) is 10.8. The van der Waals surface area contributed by atoms with E-state index in [1.807, 2.05) is 38.3 Å². The number of nitrogens with zero attached hydrogens (tertiary/aromatic N) is 2. The van der Waals surface area contributed by atoms with Crippen LogP contribution in [0.3, 0.4) is 0 Å². The Balaban J connectivity index is 1.66. The Labute approximate surface area is 192 Å². The summed E-state index contributed by atoms with van der Waals surface area (Å²) in [7, 11) is 3.34. The second-order valence-corrected chi connectivity index (χ2v) is 8.43. The average molecular weight is 454 g/mol. The number of nitrogens with one attached hydrogen (secondary N) is 1. The minimum atomic E-state index is -0.666. The number of carbonyl (C=O) groups excluding carboxylic acids is 1. The summed E-state index contributed by atoms with van der Waals surface area (Å²) in [5.41, 5.74) is 2.63. The van der Waals surface area contributed by atoms with Crippen LogP contribution in [-0.2, 0) is 19.0 Å². The van der Waals surface area contributed by atoms with Gasteiger partial charge < -0.3 is 24.4 Å². The third-order valence-electron chi connectivity index (χ3n) is 5.78. The van der Waals surface area contributed by atoms with Gasteiger partial charge in [0, 0.05) is 50.2 Å². The molecule has 1 aromatic carbocycles. The molecule has 2 aliphatic rings. The van der Waals surface area contributed by atoms with Gasteiger partial charge in [0.15, 0.2) is 0 Å². The van der Waals surface area contributed by atoms with Crippen molar-refractivity contribution in [2.75, 3.05) is 50.7 Å². The van der Waals surface area contributed by atoms with Crippen molar-refractivity contribution in [2.45, 2.75) is 19.4 Å². The van der Waals surface area contributed by atoms with Gasteiger partial charge in [-0.2, -0.15) is 0 Å². The molecule has 0 saturated carbocycles. The molecule has 3 heterocycles. The third kappa shape index (κ3) is 4.62. The molecular formula is C25H28FN3O4. The van der Waals surface area contributed by atoms with Gasteiger partial charge in [-0.1, -0.05) is 0 Å². The van der Waals surface area contributed by atoms with E-state index in [-0.39, 0.29) is 5.91 Å². The lowest BCUT2D eigenvalue weighted by atomic mass is 9.93. The smallest absolute Gasteiger partial charge is 0.260 e. The summed E-state index contributed by atoms with van der Waals surface area (Å²) in [6, 6.07) is 8.21. The van der Waals surface area contributed by atoms with E-state index in [0.717, 1.165) is 17.0 Å². The van der Waals surface area contributed by atoms with Crippen LogP contribution in [0.25, 0.3) is 11.1 Å². The highest BCUT2D eigenvalue weighted by Gasteiger charge is 2.38. The van der Waals surface area contributed by atoms with Gasteiger partial charge in [-0.15, -0.1) is 0 Å². The molecule has 8 heteroatoms. The first-order valence-corrected chi connectivity index (χ1v) is 10.8. The lowest BCUT2D eigenvalue weighted by Crippen LogP contribution is -2.31. The van der Waals surface area contributed by atoms with Crippen LogP contribution in [0.4, 0.5) is 15.9 Å². The van der Waals surface area contributed by atoms with Crippen molar-refractivity contribution < 1.29 is 23.4 Å². The molecule has 0 fully saturated rings. The maximum Gasteiger partial charge on any atom is 0.260 e. The van der Waals surface area contributed by atoms with Crippen molar-refractivity contribution in [1.82, 2.24) is 4.98 Å². The van der Waals surface area contributed by atoms with Crippen molar-refractivity contribution in [3.05, 3.63) is 65.3 Å². The molecule has 174 valence electrons. The minimum Gasteiger partial charge on any atom is -0.482 e. The average Bonchev–Trinajstić information content (AvgIpc) is 3.28. The van der Waals surface area contributed by atoms with E-state index in [1.165, 1.54) is 12.1 Å². The third-order valence-corrected chi connectivity index (χ3v) is 5.78. The van der Waals surface area contributed by atoms with Crippen LogP contribution in [-0.4, -0.2) is 57.0 Å². The van der Waals surface area contributed by atoms with E-state index in [1.54, 1.807) is 20.3 Å². The molecule has 0 atom stereocenters. The lowest BCUT2D eigenvalue weighted by Gasteiger charge is -2.25. The number of benzene rings is 1. The highest BCUT2D eigenvalue weighted by atomic mass is 19.1. The topological polar surface area (TPSA) is 72.9 Å². The zero-order chi connectivity index (χ0) is 23.6. The van der Waals surface area contributed by atoms with E-state index < -0.39 is 11.4 Å². The molecule has 2 aromatic rings. The van der Waals surface area contributed by atoms with Gasteiger partial charge in [0.2, 0.25) is 0 Å². The Kier molecular flexibility index (Phi) is 6.49. The standard InChI is InChI=1S/C25H28FN3O4/c1-25(2)19(16-5-8-22(27-15-16)29(9-11-31-3)10-12-32-4)14-21(33-25)23-18-7-6-17(26)13-20(18)28-24(23)30/h5-8,13-15H,9-12H2,1-4H3,(H,28,30). The molecule has 0 unspecified atom stereocenters. The molecule has 0 bridgehead atoms. The number of aromatic nitrogens is 1. The monoisotopic (exact) mass is 453 g/mol. The number of hydrogen-bond donors (Lipinski definition) is 1. The zero-order valence-electron chi connectivity index (χ0n) is 19.3. The molecule has 0 saturated heterocycles. The first kappa shape index (κ1) is 22.9. The van der Waals surface area contributed by atoms with Crippen LogP contribution in [0.15, 0.2) is 48.4 Å². The van der Waals surface area contributed by atoms with E-state index in [9.17, 15) is 9.18 Å². The van der Waals surface area contributed by atoms with Gasteiger partial charge in [-0.25, -0.2) is 9.37 Å². The van der Waals surface area contributed by atoms with Crippen LogP contribution >= 0.6 is 0 Å². The Bertz CT molecular complexity index is 1100. The fourth-order valence-electron chi connectivity index (χ4n) is 4.08. The Hall–Kier alpha value is -3.23. The number of allylic oxidation sites excluding steroid dienone is 1. The second kappa shape index (κ2) is 9.33. The van der Waals surface area contributed by atoms with Gasteiger partial charge in [0.25, 0.3) is 5.91 Å². The van der Waals surface area contributed by atoms with Crippen molar-refractivity contribution in [3.8, 4) is 0 Å². The largest absolute Gasteiger partial charge is 0.482 e. The number of methoxy groups -OCH3 is 2. The van der Waals surface area contributed by atoms with E-state index in [0.29, 0.717) is 48.9 Å². The number of pyridine rings is 1. The fraction of sp³-hybridized carbons (Fsp3) is 0.360. The van der Waals surface area contributed by atoms with Gasteiger partial charge in [-0.05, 0) is 50.3 Å². The summed E-state index contributed by atoms with van der Waals surface area (Å²) >= 11 is 0. The molecule has 1 aromatic heterocycles. The Morgan fingerprint density at radius 1 is 1.12 bits per heavy atom. The van der Waals surface area contributed by atoms with Gasteiger partial charge in [-0.3, -0.25) is 4.79 Å². The maximum absolute atomic E-state index is 13.6. The van der Waals surface area contributed by atoms with Crippen LogP contribution in [0.1, 0.15) is 25.0 Å². The molecule has 7 nitrogen and oxygen atoms in total. The summed E-state index contributed by atoms with van der Waals surface area (Å²) in [4.78, 5) is 19.4. The van der Waals surface area contributed by atoms with E-state index in [4.69, 9.17) is 14.2 Å². The first-order chi connectivity index (χ1) is 15.8. The molecule has 1 N–H and O–H groups in total. The van der Waals surface area contributed by atoms with Crippen LogP contribution < -0.4 is 10.2 Å². The predicted molar refractivity (Wildman–Crippen MR) is 125 cm³/mol. The Morgan fingerprint density at radius 3 is 2.48 bits per heavy atom.